The molecule has 0 aliphatic carbocycles. The van der Waals surface area contributed by atoms with Gasteiger partial charge in [-0.1, -0.05) is 18.2 Å². The number of pyridine rings is 1. The van der Waals surface area contributed by atoms with E-state index in [0.717, 1.165) is 0 Å². The number of aromatic nitrogens is 1. The number of phenolic OH excluding ortho intramolecular Hbond substituents is 1. The summed E-state index contributed by atoms with van der Waals surface area (Å²) in [7, 11) is 3.02. The van der Waals surface area contributed by atoms with E-state index >= 15 is 0 Å². The molecule has 33 heavy (non-hydrogen) atoms. The summed E-state index contributed by atoms with van der Waals surface area (Å²) in [6, 6.07) is 10.2. The number of rotatable bonds is 13. The Hall–Kier alpha value is -3.50. The van der Waals surface area contributed by atoms with Crippen molar-refractivity contribution in [1.29, 1.82) is 0 Å². The molecule has 0 spiro atoms. The number of hydrogen-bond donors (Lipinski definition) is 3. The van der Waals surface area contributed by atoms with Crippen molar-refractivity contribution in [2.75, 3.05) is 45.8 Å². The fraction of sp³-hybridized carbons (Fsp3) is 0.391. The van der Waals surface area contributed by atoms with Crippen LogP contribution in [0.25, 0.3) is 0 Å². The monoisotopic (exact) mass is 458 g/mol. The second kappa shape index (κ2) is 13.8. The van der Waals surface area contributed by atoms with Crippen LogP contribution in [0.1, 0.15) is 24.4 Å². The summed E-state index contributed by atoms with van der Waals surface area (Å²) in [4.78, 5) is 43.9. The summed E-state index contributed by atoms with van der Waals surface area (Å²) in [5, 5.41) is 15.0. The molecule has 178 valence electrons. The van der Waals surface area contributed by atoms with Crippen molar-refractivity contribution in [1.82, 2.24) is 15.2 Å². The zero-order valence-corrected chi connectivity index (χ0v) is 18.8. The lowest BCUT2D eigenvalue weighted by molar-refractivity contribution is -0.142. The van der Waals surface area contributed by atoms with E-state index in [1.165, 1.54) is 31.3 Å². The van der Waals surface area contributed by atoms with Crippen LogP contribution in [0.2, 0.25) is 0 Å². The van der Waals surface area contributed by atoms with E-state index in [1.54, 1.807) is 36.5 Å². The van der Waals surface area contributed by atoms with Gasteiger partial charge in [0, 0.05) is 46.3 Å². The van der Waals surface area contributed by atoms with Gasteiger partial charge in [0.2, 0.25) is 17.7 Å². The SMILES string of the molecule is COCCNC(=O)[C@@H](c1ccc(O)cc1)N(CCOC)C(=O)CCC(=O)Nc1ccccn1. The van der Waals surface area contributed by atoms with Crippen LogP contribution < -0.4 is 10.6 Å². The van der Waals surface area contributed by atoms with Gasteiger partial charge in [-0.2, -0.15) is 0 Å². The fourth-order valence-electron chi connectivity index (χ4n) is 3.10. The molecule has 10 heteroatoms. The Kier molecular flexibility index (Phi) is 10.8. The molecule has 2 rings (SSSR count). The van der Waals surface area contributed by atoms with E-state index in [4.69, 9.17) is 9.47 Å². The molecule has 2 aromatic rings. The predicted octanol–water partition coefficient (Wildman–Crippen LogP) is 1.48. The quantitative estimate of drug-likeness (QED) is 0.388. The van der Waals surface area contributed by atoms with Gasteiger partial charge in [0.25, 0.3) is 0 Å². The molecule has 1 heterocycles. The minimum Gasteiger partial charge on any atom is -0.508 e. The molecule has 0 radical (unpaired) electrons. The van der Waals surface area contributed by atoms with Crippen LogP contribution in [0, 0.1) is 0 Å². The van der Waals surface area contributed by atoms with Gasteiger partial charge in [0.1, 0.15) is 17.6 Å². The molecule has 0 aliphatic rings. The summed E-state index contributed by atoms with van der Waals surface area (Å²) >= 11 is 0. The van der Waals surface area contributed by atoms with Crippen molar-refractivity contribution in [3.63, 3.8) is 0 Å². The summed E-state index contributed by atoms with van der Waals surface area (Å²) in [5.74, 6) is -0.716. The predicted molar refractivity (Wildman–Crippen MR) is 121 cm³/mol. The number of anilines is 1. The van der Waals surface area contributed by atoms with Gasteiger partial charge in [-0.3, -0.25) is 14.4 Å². The molecule has 3 N–H and O–H groups in total. The summed E-state index contributed by atoms with van der Waals surface area (Å²) in [5.41, 5.74) is 0.519. The van der Waals surface area contributed by atoms with Crippen LogP contribution in [0.15, 0.2) is 48.7 Å². The molecular weight excluding hydrogens is 428 g/mol. The highest BCUT2D eigenvalue weighted by Crippen LogP contribution is 2.24. The molecule has 0 aliphatic heterocycles. The number of phenols is 1. The lowest BCUT2D eigenvalue weighted by Crippen LogP contribution is -2.45. The van der Waals surface area contributed by atoms with E-state index in [-0.39, 0.29) is 50.1 Å². The van der Waals surface area contributed by atoms with Gasteiger partial charge in [-0.15, -0.1) is 0 Å². The van der Waals surface area contributed by atoms with Crippen LogP contribution in [-0.2, 0) is 23.9 Å². The summed E-state index contributed by atoms with van der Waals surface area (Å²) < 4.78 is 10.1. The smallest absolute Gasteiger partial charge is 0.247 e. The Bertz CT molecular complexity index is 892. The van der Waals surface area contributed by atoms with Crippen molar-refractivity contribution in [3.8, 4) is 5.75 Å². The maximum absolute atomic E-state index is 13.1. The van der Waals surface area contributed by atoms with Gasteiger partial charge in [-0.25, -0.2) is 4.98 Å². The standard InChI is InChI=1S/C23H30N4O6/c1-32-15-13-25-23(31)22(17-6-8-18(28)9-7-17)27(14-16-33-2)21(30)11-10-20(29)26-19-5-3-4-12-24-19/h3-9,12,22,28H,10-11,13-16H2,1-2H3,(H,25,31)(H,24,26,29)/t22-/m1/s1. The average molecular weight is 459 g/mol. The van der Waals surface area contributed by atoms with Crippen LogP contribution in [-0.4, -0.2) is 73.2 Å². The zero-order valence-electron chi connectivity index (χ0n) is 18.8. The molecule has 1 atom stereocenters. The van der Waals surface area contributed by atoms with Gasteiger partial charge < -0.3 is 30.1 Å². The number of aromatic hydroxyl groups is 1. The van der Waals surface area contributed by atoms with Crippen molar-refractivity contribution < 1.29 is 29.0 Å². The highest BCUT2D eigenvalue weighted by Gasteiger charge is 2.31. The highest BCUT2D eigenvalue weighted by molar-refractivity contribution is 5.94. The second-order valence-corrected chi connectivity index (χ2v) is 7.12. The van der Waals surface area contributed by atoms with Crippen LogP contribution in [0.3, 0.4) is 0 Å². The van der Waals surface area contributed by atoms with E-state index in [9.17, 15) is 19.5 Å². The molecule has 0 saturated carbocycles. The first-order chi connectivity index (χ1) is 16.0. The molecule has 1 aromatic heterocycles. The second-order valence-electron chi connectivity index (χ2n) is 7.12. The third-order valence-corrected chi connectivity index (χ3v) is 4.73. The maximum Gasteiger partial charge on any atom is 0.247 e. The number of carbonyl (C=O) groups is 3. The molecule has 3 amide bonds. The van der Waals surface area contributed by atoms with E-state index in [1.807, 2.05) is 0 Å². The van der Waals surface area contributed by atoms with E-state index in [2.05, 4.69) is 15.6 Å². The number of hydrogen-bond acceptors (Lipinski definition) is 7. The first kappa shape index (κ1) is 25.8. The van der Waals surface area contributed by atoms with Gasteiger partial charge >= 0.3 is 0 Å². The molecular formula is C23H30N4O6. The minimum atomic E-state index is -0.969. The first-order valence-electron chi connectivity index (χ1n) is 10.5. The summed E-state index contributed by atoms with van der Waals surface area (Å²) in [6.45, 7) is 0.919. The third kappa shape index (κ3) is 8.51. The number of carbonyl (C=O) groups excluding carboxylic acids is 3. The van der Waals surface area contributed by atoms with Crippen LogP contribution in [0.4, 0.5) is 5.82 Å². The maximum atomic E-state index is 13.1. The topological polar surface area (TPSA) is 130 Å². The van der Waals surface area contributed by atoms with Gasteiger partial charge in [0.15, 0.2) is 0 Å². The highest BCUT2D eigenvalue weighted by atomic mass is 16.5. The Morgan fingerprint density at radius 3 is 2.39 bits per heavy atom. The number of benzene rings is 1. The van der Waals surface area contributed by atoms with Gasteiger partial charge in [-0.05, 0) is 29.8 Å². The normalized spacial score (nSPS) is 11.5. The molecule has 0 unspecified atom stereocenters. The average Bonchev–Trinajstić information content (AvgIpc) is 2.82. The molecule has 1 aromatic carbocycles. The van der Waals surface area contributed by atoms with Crippen molar-refractivity contribution >= 4 is 23.5 Å². The van der Waals surface area contributed by atoms with Gasteiger partial charge in [0.05, 0.1) is 13.2 Å². The lowest BCUT2D eigenvalue weighted by atomic mass is 10.0. The van der Waals surface area contributed by atoms with Crippen LogP contribution in [0.5, 0.6) is 5.75 Å². The molecule has 0 saturated heterocycles. The Labute approximate surface area is 192 Å². The number of nitrogens with zero attached hydrogens (tertiary/aromatic N) is 2. The Morgan fingerprint density at radius 1 is 1.03 bits per heavy atom. The molecule has 0 fully saturated rings. The third-order valence-electron chi connectivity index (χ3n) is 4.73. The summed E-state index contributed by atoms with van der Waals surface area (Å²) in [6.07, 6.45) is 1.37. The first-order valence-corrected chi connectivity index (χ1v) is 10.5. The number of amides is 3. The Morgan fingerprint density at radius 2 is 1.76 bits per heavy atom. The fourth-order valence-corrected chi connectivity index (χ4v) is 3.10. The number of ether oxygens (including phenoxy) is 2. The van der Waals surface area contributed by atoms with Crippen molar-refractivity contribution in [3.05, 3.63) is 54.2 Å². The number of nitrogens with one attached hydrogen (secondary N) is 2. The van der Waals surface area contributed by atoms with Crippen molar-refractivity contribution in [2.24, 2.45) is 0 Å². The zero-order chi connectivity index (χ0) is 24.1. The van der Waals surface area contributed by atoms with E-state index in [0.29, 0.717) is 18.0 Å². The Balaban J connectivity index is 2.17. The van der Waals surface area contributed by atoms with E-state index < -0.39 is 11.9 Å². The van der Waals surface area contributed by atoms with Crippen LogP contribution >= 0.6 is 0 Å². The van der Waals surface area contributed by atoms with Crippen molar-refractivity contribution in [2.45, 2.75) is 18.9 Å². The minimum absolute atomic E-state index is 0.0400. The lowest BCUT2D eigenvalue weighted by Gasteiger charge is -2.31. The molecule has 0 bridgehead atoms. The molecule has 10 nitrogen and oxygen atoms in total. The largest absolute Gasteiger partial charge is 0.508 e. The number of methoxy groups -OCH3 is 2.